The number of nitrogens with one attached hydrogen (secondary N) is 1. The van der Waals surface area contributed by atoms with Gasteiger partial charge in [0.1, 0.15) is 18.7 Å². The third kappa shape index (κ3) is 4.13. The first kappa shape index (κ1) is 20.6. The van der Waals surface area contributed by atoms with Crippen molar-refractivity contribution in [1.82, 2.24) is 10.2 Å². The lowest BCUT2D eigenvalue weighted by Crippen LogP contribution is -2.52. The number of rotatable bonds is 5. The first-order valence-corrected chi connectivity index (χ1v) is 12.2. The van der Waals surface area contributed by atoms with E-state index < -0.39 is 12.1 Å². The topological polar surface area (TPSA) is 75.7 Å². The molecule has 164 valence electrons. The highest BCUT2D eigenvalue weighted by atomic mass is 32.1. The molecule has 1 aromatic heterocycles. The number of carbonyl (C=O) groups is 3. The summed E-state index contributed by atoms with van der Waals surface area (Å²) in [4.78, 5) is 41.3. The summed E-state index contributed by atoms with van der Waals surface area (Å²) >= 11 is 1.44. The van der Waals surface area contributed by atoms with Crippen molar-refractivity contribution in [1.29, 1.82) is 0 Å². The van der Waals surface area contributed by atoms with Crippen molar-refractivity contribution in [3.8, 4) is 0 Å². The number of ketones is 1. The van der Waals surface area contributed by atoms with Crippen molar-refractivity contribution in [2.75, 3.05) is 13.2 Å². The number of likely N-dealkylation sites (tertiary alicyclic amines) is 1. The van der Waals surface area contributed by atoms with E-state index in [-0.39, 0.29) is 30.3 Å². The number of amides is 2. The highest BCUT2D eigenvalue weighted by Crippen LogP contribution is 2.32. The lowest BCUT2D eigenvalue weighted by Gasteiger charge is -2.31. The predicted molar refractivity (Wildman–Crippen MR) is 119 cm³/mol. The summed E-state index contributed by atoms with van der Waals surface area (Å²) in [6.45, 7) is 0.598. The van der Waals surface area contributed by atoms with E-state index in [2.05, 4.69) is 5.32 Å². The van der Waals surface area contributed by atoms with Gasteiger partial charge in [0.15, 0.2) is 5.78 Å². The van der Waals surface area contributed by atoms with E-state index in [1.54, 1.807) is 4.90 Å². The molecule has 2 aromatic rings. The number of thiophene rings is 1. The van der Waals surface area contributed by atoms with Gasteiger partial charge >= 0.3 is 0 Å². The van der Waals surface area contributed by atoms with E-state index in [9.17, 15) is 14.4 Å². The van der Waals surface area contributed by atoms with Crippen LogP contribution in [0.1, 0.15) is 54.6 Å². The second-order valence-corrected chi connectivity index (χ2v) is 10.1. The summed E-state index contributed by atoms with van der Waals surface area (Å²) in [5.74, 6) is 0.0638. The lowest BCUT2D eigenvalue weighted by atomic mass is 9.84. The Morgan fingerprint density at radius 1 is 1.16 bits per heavy atom. The van der Waals surface area contributed by atoms with E-state index in [1.807, 2.05) is 30.3 Å². The van der Waals surface area contributed by atoms with Gasteiger partial charge in [-0.15, -0.1) is 11.3 Å². The predicted octanol–water partition coefficient (Wildman–Crippen LogP) is 3.54. The van der Waals surface area contributed by atoms with E-state index >= 15 is 0 Å². The molecule has 1 saturated carbocycles. The summed E-state index contributed by atoms with van der Waals surface area (Å²) in [6, 6.07) is 8.70. The molecule has 7 heteroatoms. The smallest absolute Gasteiger partial charge is 0.262 e. The molecular formula is C24H28N2O4S. The van der Waals surface area contributed by atoms with Crippen molar-refractivity contribution >= 4 is 39.0 Å². The van der Waals surface area contributed by atoms with Crippen LogP contribution in [0.4, 0.5) is 0 Å². The molecule has 5 rings (SSSR count). The third-order valence-corrected chi connectivity index (χ3v) is 8.06. The number of benzene rings is 1. The lowest BCUT2D eigenvalue weighted by molar-refractivity contribution is -0.138. The van der Waals surface area contributed by atoms with Crippen LogP contribution < -0.4 is 5.32 Å². The number of carbonyl (C=O) groups excluding carboxylic acids is 3. The van der Waals surface area contributed by atoms with E-state index in [0.717, 1.165) is 22.9 Å². The van der Waals surface area contributed by atoms with Gasteiger partial charge in [-0.1, -0.05) is 50.3 Å². The molecule has 6 nitrogen and oxygen atoms in total. The zero-order valence-electron chi connectivity index (χ0n) is 17.5. The summed E-state index contributed by atoms with van der Waals surface area (Å²) < 4.78 is 6.61. The van der Waals surface area contributed by atoms with Crippen molar-refractivity contribution in [3.05, 3.63) is 35.2 Å². The van der Waals surface area contributed by atoms with Gasteiger partial charge in [-0.3, -0.25) is 14.4 Å². The normalized spacial score (nSPS) is 25.0. The number of hydrogen-bond acceptors (Lipinski definition) is 5. The van der Waals surface area contributed by atoms with Gasteiger partial charge in [0.05, 0.1) is 11.0 Å². The number of Topliss-reactive ketones (excluding diaryl/α,β-unsaturated/α-hetero) is 1. The Labute approximate surface area is 185 Å². The van der Waals surface area contributed by atoms with Gasteiger partial charge in [-0.2, -0.15) is 0 Å². The summed E-state index contributed by atoms with van der Waals surface area (Å²) in [6.07, 6.45) is 6.91. The van der Waals surface area contributed by atoms with Crippen LogP contribution >= 0.6 is 11.3 Å². The molecule has 31 heavy (non-hydrogen) atoms. The number of nitrogens with zero attached hydrogens (tertiary/aromatic N) is 1. The third-order valence-electron chi connectivity index (χ3n) is 6.94. The fraction of sp³-hybridized carbons (Fsp3) is 0.542. The van der Waals surface area contributed by atoms with Gasteiger partial charge in [0.2, 0.25) is 5.91 Å². The molecule has 3 fully saturated rings. The van der Waals surface area contributed by atoms with Crippen LogP contribution in [0.15, 0.2) is 30.3 Å². The van der Waals surface area contributed by atoms with Crippen molar-refractivity contribution in [3.63, 3.8) is 0 Å². The minimum atomic E-state index is -0.604. The van der Waals surface area contributed by atoms with E-state index in [1.165, 1.54) is 30.6 Å². The second-order valence-electron chi connectivity index (χ2n) is 9.00. The molecular weight excluding hydrogens is 412 g/mol. The number of ether oxygens (including phenoxy) is 1. The highest BCUT2D eigenvalue weighted by Gasteiger charge is 2.48. The Bertz CT molecular complexity index is 963. The zero-order chi connectivity index (χ0) is 21.4. The maximum absolute atomic E-state index is 13.6. The zero-order valence-corrected chi connectivity index (χ0v) is 18.4. The van der Waals surface area contributed by atoms with Crippen molar-refractivity contribution < 1.29 is 19.1 Å². The fourth-order valence-corrected chi connectivity index (χ4v) is 6.31. The molecule has 0 bridgehead atoms. The first-order chi connectivity index (χ1) is 15.1. The molecule has 1 N–H and O–H groups in total. The van der Waals surface area contributed by atoms with Crippen LogP contribution in [0, 0.1) is 5.92 Å². The summed E-state index contributed by atoms with van der Waals surface area (Å²) in [5, 5.41) is 4.07. The standard InChI is InChI=1S/C24H28N2O4S/c27-18-14-30-19-10-11-26(22(18)19)24(29)17(12-15-6-2-1-3-7-15)25-23(28)21-13-16-8-4-5-9-20(16)31-21/h4-5,8-9,13,15,17,19,22H,1-3,6-7,10-12,14H2,(H,25,28)/t17?,19-,22-/m1/s1. The summed E-state index contributed by atoms with van der Waals surface area (Å²) in [5.41, 5.74) is 0. The van der Waals surface area contributed by atoms with Gasteiger partial charge in [0, 0.05) is 11.2 Å². The van der Waals surface area contributed by atoms with Crippen LogP contribution in [0.5, 0.6) is 0 Å². The first-order valence-electron chi connectivity index (χ1n) is 11.3. The molecule has 2 aliphatic heterocycles. The van der Waals surface area contributed by atoms with Crippen LogP contribution in [0.25, 0.3) is 10.1 Å². The molecule has 2 amide bonds. The summed E-state index contributed by atoms with van der Waals surface area (Å²) in [7, 11) is 0. The number of hydrogen-bond donors (Lipinski definition) is 1. The maximum atomic E-state index is 13.6. The second kappa shape index (κ2) is 8.71. The maximum Gasteiger partial charge on any atom is 0.262 e. The molecule has 0 radical (unpaired) electrons. The Morgan fingerprint density at radius 2 is 1.97 bits per heavy atom. The van der Waals surface area contributed by atoms with Crippen LogP contribution in [0.3, 0.4) is 0 Å². The van der Waals surface area contributed by atoms with Gasteiger partial charge < -0.3 is 15.0 Å². The monoisotopic (exact) mass is 440 g/mol. The molecule has 1 aliphatic carbocycles. The minimum absolute atomic E-state index is 0.0249. The molecule has 0 spiro atoms. The molecule has 1 aromatic carbocycles. The highest BCUT2D eigenvalue weighted by molar-refractivity contribution is 7.20. The minimum Gasteiger partial charge on any atom is -0.368 e. The Balaban J connectivity index is 1.36. The Hall–Kier alpha value is -2.25. The van der Waals surface area contributed by atoms with Crippen LogP contribution in [-0.4, -0.2) is 53.8 Å². The molecule has 2 saturated heterocycles. The van der Waals surface area contributed by atoms with Gasteiger partial charge in [0.25, 0.3) is 5.91 Å². The number of fused-ring (bicyclic) bond motifs is 2. The molecule has 3 aliphatic rings. The quantitative estimate of drug-likeness (QED) is 0.772. The van der Waals surface area contributed by atoms with Crippen LogP contribution in [-0.2, 0) is 14.3 Å². The van der Waals surface area contributed by atoms with Crippen molar-refractivity contribution in [2.24, 2.45) is 5.92 Å². The Kier molecular flexibility index (Phi) is 5.80. The Morgan fingerprint density at radius 3 is 2.77 bits per heavy atom. The van der Waals surface area contributed by atoms with Crippen molar-refractivity contribution in [2.45, 2.75) is 63.1 Å². The van der Waals surface area contributed by atoms with Gasteiger partial charge in [-0.25, -0.2) is 0 Å². The average molecular weight is 441 g/mol. The fourth-order valence-electron chi connectivity index (χ4n) is 5.34. The molecule has 3 atom stereocenters. The molecule has 1 unspecified atom stereocenters. The van der Waals surface area contributed by atoms with Crippen LogP contribution in [0.2, 0.25) is 0 Å². The average Bonchev–Trinajstić information content (AvgIpc) is 3.49. The SMILES string of the molecule is O=C(NC(CC1CCCCC1)C(=O)N1CC[C@H]2OCC(=O)[C@H]21)c1cc2ccccc2s1. The molecule has 3 heterocycles. The largest absolute Gasteiger partial charge is 0.368 e. The van der Waals surface area contributed by atoms with Gasteiger partial charge in [-0.05, 0) is 36.3 Å². The van der Waals surface area contributed by atoms with E-state index in [0.29, 0.717) is 30.2 Å². The van der Waals surface area contributed by atoms with E-state index in [4.69, 9.17) is 4.74 Å².